The van der Waals surface area contributed by atoms with Crippen LogP contribution in [-0.2, 0) is 16.9 Å². The average Bonchev–Trinajstić information content (AvgIpc) is 3.34. The summed E-state index contributed by atoms with van der Waals surface area (Å²) in [5, 5.41) is 20.3. The molecule has 0 fully saturated rings. The van der Waals surface area contributed by atoms with Crippen molar-refractivity contribution in [3.05, 3.63) is 72.3 Å². The van der Waals surface area contributed by atoms with Crippen molar-refractivity contribution in [3.8, 4) is 0 Å². The Morgan fingerprint density at radius 2 is 1.85 bits per heavy atom. The third kappa shape index (κ3) is 7.60. The van der Waals surface area contributed by atoms with Gasteiger partial charge in [-0.05, 0) is 70.2 Å². The standard InChI is InChI=1S/C26H33F2N7O3S/c1-17(26(37,14-34-16-29-15-30-34)21-12-7-18(27)13-22(21)28)35(32-24(36)38-25(2,3)4)23(39)31-19-8-10-20(11-9-19)33(5)6/h7-13,15-17,37H,14H2,1-6H3,(H,31,39)(H,32,36). The number of hydrogen-bond acceptors (Lipinski definition) is 7. The number of thiocarbonyl (C=S) groups is 1. The normalized spacial score (nSPS) is 13.7. The number of carbonyl (C=O) groups is 1. The topological polar surface area (TPSA) is 108 Å². The van der Waals surface area contributed by atoms with Gasteiger partial charge in [-0.1, -0.05) is 6.07 Å². The first kappa shape index (κ1) is 29.7. The lowest BCUT2D eigenvalue weighted by Gasteiger charge is -2.42. The van der Waals surface area contributed by atoms with Crippen LogP contribution in [0.1, 0.15) is 33.3 Å². The fourth-order valence-corrected chi connectivity index (χ4v) is 4.13. The Morgan fingerprint density at radius 3 is 2.38 bits per heavy atom. The van der Waals surface area contributed by atoms with Crippen molar-refractivity contribution in [1.82, 2.24) is 25.2 Å². The number of rotatable bonds is 7. The maximum Gasteiger partial charge on any atom is 0.426 e. The predicted octanol–water partition coefficient (Wildman–Crippen LogP) is 4.04. The first-order valence-corrected chi connectivity index (χ1v) is 12.5. The van der Waals surface area contributed by atoms with Crippen molar-refractivity contribution in [3.63, 3.8) is 0 Å². The summed E-state index contributed by atoms with van der Waals surface area (Å²) in [7, 11) is 3.82. The molecular formula is C26H33F2N7O3S. The Hall–Kier alpha value is -3.84. The fraction of sp³-hybridized carbons (Fsp3) is 0.385. The molecule has 1 amide bonds. The van der Waals surface area contributed by atoms with Gasteiger partial charge in [0.1, 0.15) is 35.5 Å². The molecular weight excluding hydrogens is 528 g/mol. The number of hydrazine groups is 1. The van der Waals surface area contributed by atoms with Crippen molar-refractivity contribution >= 4 is 34.8 Å². The number of halogens is 2. The highest BCUT2D eigenvalue weighted by atomic mass is 32.1. The van der Waals surface area contributed by atoms with Crippen molar-refractivity contribution < 1.29 is 23.4 Å². The Kier molecular flexibility index (Phi) is 9.07. The van der Waals surface area contributed by atoms with Crippen LogP contribution in [0.3, 0.4) is 0 Å². The number of nitrogens with zero attached hydrogens (tertiary/aromatic N) is 5. The average molecular weight is 562 g/mol. The highest BCUT2D eigenvalue weighted by molar-refractivity contribution is 7.80. The zero-order chi connectivity index (χ0) is 29.0. The molecule has 3 aromatic rings. The van der Waals surface area contributed by atoms with Gasteiger partial charge < -0.3 is 20.1 Å². The van der Waals surface area contributed by atoms with E-state index in [4.69, 9.17) is 17.0 Å². The van der Waals surface area contributed by atoms with Gasteiger partial charge in [-0.3, -0.25) is 5.01 Å². The van der Waals surface area contributed by atoms with Gasteiger partial charge in [0.25, 0.3) is 0 Å². The maximum atomic E-state index is 15.1. The summed E-state index contributed by atoms with van der Waals surface area (Å²) in [5.41, 5.74) is 0.954. The molecule has 13 heteroatoms. The molecule has 0 aliphatic rings. The predicted molar refractivity (Wildman–Crippen MR) is 148 cm³/mol. The summed E-state index contributed by atoms with van der Waals surface area (Å²) in [4.78, 5) is 18.7. The second kappa shape index (κ2) is 11.9. The van der Waals surface area contributed by atoms with E-state index in [1.807, 2.05) is 31.1 Å². The van der Waals surface area contributed by atoms with Crippen molar-refractivity contribution in [2.45, 2.75) is 51.5 Å². The second-order valence-electron chi connectivity index (χ2n) is 10.2. The Morgan fingerprint density at radius 1 is 1.18 bits per heavy atom. The molecule has 0 radical (unpaired) electrons. The van der Waals surface area contributed by atoms with E-state index in [2.05, 4.69) is 20.8 Å². The van der Waals surface area contributed by atoms with Crippen LogP contribution in [0, 0.1) is 11.6 Å². The van der Waals surface area contributed by atoms with Gasteiger partial charge in [0, 0.05) is 37.1 Å². The molecule has 0 aliphatic carbocycles. The van der Waals surface area contributed by atoms with E-state index >= 15 is 4.39 Å². The number of aromatic nitrogens is 3. The first-order valence-electron chi connectivity index (χ1n) is 12.1. The quantitative estimate of drug-likeness (QED) is 0.291. The van der Waals surface area contributed by atoms with Crippen LogP contribution in [0.15, 0.2) is 55.1 Å². The maximum absolute atomic E-state index is 15.1. The van der Waals surface area contributed by atoms with Crippen LogP contribution in [0.2, 0.25) is 0 Å². The fourth-order valence-electron chi connectivity index (χ4n) is 3.81. The third-order valence-corrected chi connectivity index (χ3v) is 6.11. The van der Waals surface area contributed by atoms with Crippen molar-refractivity contribution in [1.29, 1.82) is 0 Å². The van der Waals surface area contributed by atoms with Crippen LogP contribution < -0.4 is 15.6 Å². The summed E-state index contributed by atoms with van der Waals surface area (Å²) in [6.45, 7) is 6.30. The van der Waals surface area contributed by atoms with E-state index in [1.54, 1.807) is 32.9 Å². The minimum Gasteiger partial charge on any atom is -0.443 e. The lowest BCUT2D eigenvalue weighted by Crippen LogP contribution is -2.61. The van der Waals surface area contributed by atoms with E-state index in [-0.39, 0.29) is 17.2 Å². The monoisotopic (exact) mass is 561 g/mol. The highest BCUT2D eigenvalue weighted by Crippen LogP contribution is 2.33. The number of aliphatic hydroxyl groups is 1. The molecule has 210 valence electrons. The summed E-state index contributed by atoms with van der Waals surface area (Å²) in [5.74, 6) is -1.80. The van der Waals surface area contributed by atoms with Crippen LogP contribution in [-0.4, -0.2) is 61.8 Å². The van der Waals surface area contributed by atoms with Gasteiger partial charge in [0.05, 0.1) is 12.6 Å². The zero-order valence-corrected chi connectivity index (χ0v) is 23.5. The van der Waals surface area contributed by atoms with E-state index < -0.39 is 35.0 Å². The molecule has 0 aliphatic heterocycles. The molecule has 0 saturated heterocycles. The number of ether oxygens (including phenoxy) is 1. The molecule has 2 aromatic carbocycles. The number of nitrogens with one attached hydrogen (secondary N) is 2. The molecule has 3 N–H and O–H groups in total. The van der Waals surface area contributed by atoms with Crippen molar-refractivity contribution in [2.24, 2.45) is 0 Å². The van der Waals surface area contributed by atoms with Crippen LogP contribution in [0.5, 0.6) is 0 Å². The summed E-state index contributed by atoms with van der Waals surface area (Å²) in [6.07, 6.45) is 1.74. The number of carbonyl (C=O) groups excluding carboxylic acids is 1. The van der Waals surface area contributed by atoms with Gasteiger partial charge >= 0.3 is 6.09 Å². The number of anilines is 2. The number of benzene rings is 2. The van der Waals surface area contributed by atoms with Gasteiger partial charge in [-0.2, -0.15) is 5.10 Å². The molecule has 0 bridgehead atoms. The summed E-state index contributed by atoms with van der Waals surface area (Å²) in [6, 6.07) is 9.02. The minimum absolute atomic E-state index is 0.0227. The molecule has 1 aromatic heterocycles. The molecule has 0 saturated carbocycles. The minimum atomic E-state index is -2.10. The highest BCUT2D eigenvalue weighted by Gasteiger charge is 2.44. The summed E-state index contributed by atoms with van der Waals surface area (Å²) >= 11 is 5.63. The number of hydrogen-bond donors (Lipinski definition) is 3. The second-order valence-corrected chi connectivity index (χ2v) is 10.6. The molecule has 1 heterocycles. The van der Waals surface area contributed by atoms with Gasteiger partial charge in [-0.15, -0.1) is 0 Å². The zero-order valence-electron chi connectivity index (χ0n) is 22.6. The SMILES string of the molecule is CC(N(NC(=O)OC(C)(C)C)C(=S)Nc1ccc(N(C)C)cc1)C(O)(Cn1cncn1)c1ccc(F)cc1F. The molecule has 3 rings (SSSR count). The lowest BCUT2D eigenvalue weighted by molar-refractivity contribution is -0.0574. The van der Waals surface area contributed by atoms with E-state index in [9.17, 15) is 14.3 Å². The lowest BCUT2D eigenvalue weighted by atomic mass is 9.86. The molecule has 0 spiro atoms. The van der Waals surface area contributed by atoms with E-state index in [0.717, 1.165) is 17.8 Å². The smallest absolute Gasteiger partial charge is 0.426 e. The number of amides is 1. The molecule has 10 nitrogen and oxygen atoms in total. The van der Waals surface area contributed by atoms with Crippen molar-refractivity contribution in [2.75, 3.05) is 24.3 Å². The van der Waals surface area contributed by atoms with E-state index in [1.165, 1.54) is 29.3 Å². The molecule has 39 heavy (non-hydrogen) atoms. The summed E-state index contributed by atoms with van der Waals surface area (Å²) < 4.78 is 35.6. The van der Waals surface area contributed by atoms with E-state index in [0.29, 0.717) is 11.8 Å². The molecule has 2 unspecified atom stereocenters. The van der Waals surface area contributed by atoms with Crippen LogP contribution in [0.4, 0.5) is 25.0 Å². The van der Waals surface area contributed by atoms with Gasteiger partial charge in [0.15, 0.2) is 5.11 Å². The van der Waals surface area contributed by atoms with Gasteiger partial charge in [-0.25, -0.2) is 28.7 Å². The molecule has 2 atom stereocenters. The Bertz CT molecular complexity index is 1280. The largest absolute Gasteiger partial charge is 0.443 e. The van der Waals surface area contributed by atoms with Gasteiger partial charge in [0.2, 0.25) is 0 Å². The Labute approximate surface area is 231 Å². The van der Waals surface area contributed by atoms with Crippen LogP contribution in [0.25, 0.3) is 0 Å². The Balaban J connectivity index is 2.03. The third-order valence-electron chi connectivity index (χ3n) is 5.81. The first-order chi connectivity index (χ1) is 18.2. The van der Waals surface area contributed by atoms with Crippen LogP contribution >= 0.6 is 12.2 Å².